The molecular weight excluding hydrogens is 230 g/mol. The van der Waals surface area contributed by atoms with Crippen LogP contribution in [-0.2, 0) is 14.6 Å². The van der Waals surface area contributed by atoms with Gasteiger partial charge in [-0.1, -0.05) is 6.42 Å². The largest absolute Gasteiger partial charge is 0.396 e. The molecule has 1 rings (SSSR count). The van der Waals surface area contributed by atoms with E-state index < -0.39 is 21.5 Å². The third-order valence-corrected chi connectivity index (χ3v) is 3.79. The van der Waals surface area contributed by atoms with Crippen molar-refractivity contribution in [3.63, 3.8) is 0 Å². The van der Waals surface area contributed by atoms with Gasteiger partial charge in [-0.2, -0.15) is 0 Å². The van der Waals surface area contributed by atoms with Crippen molar-refractivity contribution in [3.05, 3.63) is 0 Å². The Morgan fingerprint density at radius 2 is 2.00 bits per heavy atom. The molecule has 16 heavy (non-hydrogen) atoms. The molecule has 1 aliphatic carbocycles. The van der Waals surface area contributed by atoms with Gasteiger partial charge in [0.1, 0.15) is 5.75 Å². The molecule has 0 aromatic heterocycles. The van der Waals surface area contributed by atoms with E-state index in [2.05, 4.69) is 5.32 Å². The van der Waals surface area contributed by atoms with Crippen LogP contribution in [0.2, 0.25) is 0 Å². The Hall–Kier alpha value is -0.620. The number of rotatable bonds is 5. The smallest absolute Gasteiger partial charge is 0.235 e. The first-order chi connectivity index (χ1) is 7.42. The maximum absolute atomic E-state index is 11.3. The number of hydrogen-bond acceptors (Lipinski definition) is 4. The number of carbonyl (C=O) groups excluding carboxylic acids is 1. The molecule has 0 heterocycles. The molecule has 0 aromatic rings. The molecule has 0 aliphatic heterocycles. The summed E-state index contributed by atoms with van der Waals surface area (Å²) in [6.45, 7) is 0.617. The fourth-order valence-electron chi connectivity index (χ4n) is 2.16. The summed E-state index contributed by atoms with van der Waals surface area (Å²) in [5.41, 5.74) is 0. The standard InChI is InChI=1S/C10H19NO4S/c1-16(14,15)7-10(13)11-5-8-3-2-4-9(8)6-12/h8-9,12H,2-7H2,1H3,(H,11,13). The topological polar surface area (TPSA) is 83.5 Å². The maximum atomic E-state index is 11.3. The van der Waals surface area contributed by atoms with E-state index in [4.69, 9.17) is 5.11 Å². The van der Waals surface area contributed by atoms with Crippen LogP contribution >= 0.6 is 0 Å². The van der Waals surface area contributed by atoms with Gasteiger partial charge >= 0.3 is 0 Å². The van der Waals surface area contributed by atoms with E-state index in [-0.39, 0.29) is 18.4 Å². The van der Waals surface area contributed by atoms with Gasteiger partial charge in [-0.25, -0.2) is 8.42 Å². The lowest BCUT2D eigenvalue weighted by atomic mass is 9.97. The molecule has 94 valence electrons. The highest BCUT2D eigenvalue weighted by Gasteiger charge is 2.26. The fourth-order valence-corrected chi connectivity index (χ4v) is 2.74. The fraction of sp³-hybridized carbons (Fsp3) is 0.900. The monoisotopic (exact) mass is 249 g/mol. The van der Waals surface area contributed by atoms with E-state index in [9.17, 15) is 13.2 Å². The summed E-state index contributed by atoms with van der Waals surface area (Å²) in [6.07, 6.45) is 4.09. The molecule has 0 radical (unpaired) electrons. The summed E-state index contributed by atoms with van der Waals surface area (Å²) in [4.78, 5) is 11.3. The number of aliphatic hydroxyl groups excluding tert-OH is 1. The normalized spacial score (nSPS) is 25.6. The SMILES string of the molecule is CS(=O)(=O)CC(=O)NCC1CCCC1CO. The van der Waals surface area contributed by atoms with Crippen LogP contribution in [0.1, 0.15) is 19.3 Å². The molecule has 1 fully saturated rings. The zero-order chi connectivity index (χ0) is 12.2. The number of sulfone groups is 1. The van der Waals surface area contributed by atoms with Crippen LogP contribution in [0.4, 0.5) is 0 Å². The van der Waals surface area contributed by atoms with Gasteiger partial charge in [0.2, 0.25) is 5.91 Å². The van der Waals surface area contributed by atoms with Gasteiger partial charge in [0, 0.05) is 19.4 Å². The van der Waals surface area contributed by atoms with Crippen LogP contribution in [0.3, 0.4) is 0 Å². The number of amides is 1. The van der Waals surface area contributed by atoms with Crippen LogP contribution in [0.15, 0.2) is 0 Å². The molecular formula is C10H19NO4S. The summed E-state index contributed by atoms with van der Waals surface area (Å²) >= 11 is 0. The average Bonchev–Trinajstić information content (AvgIpc) is 2.59. The van der Waals surface area contributed by atoms with Crippen LogP contribution in [-0.4, -0.2) is 44.6 Å². The molecule has 0 spiro atoms. The van der Waals surface area contributed by atoms with Crippen LogP contribution in [0.5, 0.6) is 0 Å². The molecule has 0 aromatic carbocycles. The predicted molar refractivity (Wildman–Crippen MR) is 60.6 cm³/mol. The summed E-state index contributed by atoms with van der Waals surface area (Å²) in [7, 11) is -3.25. The van der Waals surface area contributed by atoms with Gasteiger partial charge < -0.3 is 10.4 Å². The molecule has 5 nitrogen and oxygen atoms in total. The Bertz CT molecular complexity index is 339. The summed E-state index contributed by atoms with van der Waals surface area (Å²) in [6, 6.07) is 0. The minimum atomic E-state index is -3.25. The van der Waals surface area contributed by atoms with Crippen LogP contribution < -0.4 is 5.32 Å². The average molecular weight is 249 g/mol. The first kappa shape index (κ1) is 13.4. The molecule has 2 N–H and O–H groups in total. The lowest BCUT2D eigenvalue weighted by molar-refractivity contribution is -0.118. The van der Waals surface area contributed by atoms with E-state index in [1.165, 1.54) is 0 Å². The summed E-state index contributed by atoms with van der Waals surface area (Å²) in [5.74, 6) is -0.373. The molecule has 6 heteroatoms. The Labute approximate surface area is 96.1 Å². The summed E-state index contributed by atoms with van der Waals surface area (Å²) in [5, 5.41) is 11.7. The van der Waals surface area contributed by atoms with Crippen molar-refractivity contribution in [3.8, 4) is 0 Å². The zero-order valence-electron chi connectivity index (χ0n) is 9.48. The van der Waals surface area contributed by atoms with Crippen molar-refractivity contribution in [2.45, 2.75) is 19.3 Å². The molecule has 1 amide bonds. The van der Waals surface area contributed by atoms with Crippen molar-refractivity contribution in [2.75, 3.05) is 25.2 Å². The second kappa shape index (κ2) is 5.63. The van der Waals surface area contributed by atoms with Gasteiger partial charge in [-0.05, 0) is 24.7 Å². The first-order valence-corrected chi connectivity index (χ1v) is 7.53. The van der Waals surface area contributed by atoms with E-state index in [0.29, 0.717) is 6.54 Å². The van der Waals surface area contributed by atoms with Crippen molar-refractivity contribution in [2.24, 2.45) is 11.8 Å². The van der Waals surface area contributed by atoms with Gasteiger partial charge in [0.15, 0.2) is 9.84 Å². The highest BCUT2D eigenvalue weighted by molar-refractivity contribution is 7.91. The Balaban J connectivity index is 2.31. The van der Waals surface area contributed by atoms with Crippen LogP contribution in [0.25, 0.3) is 0 Å². The van der Waals surface area contributed by atoms with E-state index in [1.807, 2.05) is 0 Å². The third kappa shape index (κ3) is 4.49. The third-order valence-electron chi connectivity index (χ3n) is 3.01. The van der Waals surface area contributed by atoms with Gasteiger partial charge in [-0.3, -0.25) is 4.79 Å². The van der Waals surface area contributed by atoms with Crippen molar-refractivity contribution in [1.82, 2.24) is 5.32 Å². The Morgan fingerprint density at radius 3 is 2.56 bits per heavy atom. The summed E-state index contributed by atoms with van der Waals surface area (Å²) < 4.78 is 21.7. The molecule has 0 bridgehead atoms. The lowest BCUT2D eigenvalue weighted by Crippen LogP contribution is -2.35. The van der Waals surface area contributed by atoms with Crippen molar-refractivity contribution in [1.29, 1.82) is 0 Å². The second-order valence-corrected chi connectivity index (χ2v) is 6.65. The minimum absolute atomic E-state index is 0.145. The molecule has 2 unspecified atom stereocenters. The lowest BCUT2D eigenvalue weighted by Gasteiger charge is -2.17. The van der Waals surface area contributed by atoms with Gasteiger partial charge in [0.05, 0.1) is 0 Å². The highest BCUT2D eigenvalue weighted by atomic mass is 32.2. The molecule has 0 saturated heterocycles. The van der Waals surface area contributed by atoms with Crippen molar-refractivity contribution < 1.29 is 18.3 Å². The van der Waals surface area contributed by atoms with Crippen molar-refractivity contribution >= 4 is 15.7 Å². The van der Waals surface area contributed by atoms with E-state index in [1.54, 1.807) is 0 Å². The number of carbonyl (C=O) groups is 1. The molecule has 2 atom stereocenters. The number of hydrogen-bond donors (Lipinski definition) is 2. The minimum Gasteiger partial charge on any atom is -0.396 e. The van der Waals surface area contributed by atoms with E-state index in [0.717, 1.165) is 25.5 Å². The Kier molecular flexibility index (Phi) is 4.73. The number of aliphatic hydroxyl groups is 1. The number of nitrogens with one attached hydrogen (secondary N) is 1. The van der Waals surface area contributed by atoms with Gasteiger partial charge in [-0.15, -0.1) is 0 Å². The van der Waals surface area contributed by atoms with Gasteiger partial charge in [0.25, 0.3) is 0 Å². The highest BCUT2D eigenvalue weighted by Crippen LogP contribution is 2.30. The molecule has 1 aliphatic rings. The predicted octanol–water partition coefficient (Wildman–Crippen LogP) is -0.444. The second-order valence-electron chi connectivity index (χ2n) is 4.51. The maximum Gasteiger partial charge on any atom is 0.235 e. The zero-order valence-corrected chi connectivity index (χ0v) is 10.3. The Morgan fingerprint density at radius 1 is 1.38 bits per heavy atom. The van der Waals surface area contributed by atoms with Crippen LogP contribution in [0, 0.1) is 11.8 Å². The van der Waals surface area contributed by atoms with E-state index >= 15 is 0 Å². The first-order valence-electron chi connectivity index (χ1n) is 5.47. The quantitative estimate of drug-likeness (QED) is 0.691. The molecule has 1 saturated carbocycles.